The lowest BCUT2D eigenvalue weighted by molar-refractivity contribution is -0.122. The van der Waals surface area contributed by atoms with Crippen molar-refractivity contribution in [1.82, 2.24) is 5.43 Å². The Kier molecular flexibility index (Phi) is 4.55. The topological polar surface area (TPSA) is 44.7 Å². The molecule has 0 saturated heterocycles. The van der Waals surface area contributed by atoms with Gasteiger partial charge in [0.05, 0.1) is 6.21 Å². The summed E-state index contributed by atoms with van der Waals surface area (Å²) < 4.78 is 0. The minimum atomic E-state index is 0.0380. The van der Waals surface area contributed by atoms with Crippen LogP contribution in [-0.2, 0) is 4.79 Å². The van der Waals surface area contributed by atoms with Gasteiger partial charge in [0.2, 0.25) is 5.91 Å². The predicted molar refractivity (Wildman–Crippen MR) is 78.5 cm³/mol. The van der Waals surface area contributed by atoms with Gasteiger partial charge in [-0.1, -0.05) is 12.1 Å². The lowest BCUT2D eigenvalue weighted by Gasteiger charge is -2.20. The Hall–Kier alpha value is -1.84. The summed E-state index contributed by atoms with van der Waals surface area (Å²) in [4.78, 5) is 13.7. The van der Waals surface area contributed by atoms with Gasteiger partial charge < -0.3 is 4.90 Å². The summed E-state index contributed by atoms with van der Waals surface area (Å²) >= 11 is 0. The van der Waals surface area contributed by atoms with Crippen molar-refractivity contribution >= 4 is 17.8 Å². The molecule has 0 bridgehead atoms. The van der Waals surface area contributed by atoms with Gasteiger partial charge in [-0.15, -0.1) is 0 Å². The summed E-state index contributed by atoms with van der Waals surface area (Å²) in [6.45, 7) is 6.29. The molecule has 1 aliphatic rings. The number of nitrogens with zero attached hydrogens (tertiary/aromatic N) is 2. The zero-order valence-electron chi connectivity index (χ0n) is 11.6. The van der Waals surface area contributed by atoms with Crippen LogP contribution in [0.4, 0.5) is 5.69 Å². The van der Waals surface area contributed by atoms with E-state index in [4.69, 9.17) is 0 Å². The van der Waals surface area contributed by atoms with E-state index in [-0.39, 0.29) is 11.8 Å². The predicted octanol–water partition coefficient (Wildman–Crippen LogP) is 2.39. The summed E-state index contributed by atoms with van der Waals surface area (Å²) in [5.74, 6) is 0.234. The monoisotopic (exact) mass is 259 g/mol. The van der Waals surface area contributed by atoms with Crippen LogP contribution in [0.25, 0.3) is 0 Å². The van der Waals surface area contributed by atoms with Gasteiger partial charge in [-0.05, 0) is 44.4 Å². The van der Waals surface area contributed by atoms with E-state index in [2.05, 4.69) is 41.4 Å². The fourth-order valence-corrected chi connectivity index (χ4v) is 1.97. The van der Waals surface area contributed by atoms with Crippen LogP contribution >= 0.6 is 0 Å². The maximum absolute atomic E-state index is 11.4. The van der Waals surface area contributed by atoms with Gasteiger partial charge in [0.25, 0.3) is 0 Å². The van der Waals surface area contributed by atoms with Gasteiger partial charge in [-0.2, -0.15) is 5.10 Å². The molecule has 4 heteroatoms. The zero-order valence-corrected chi connectivity index (χ0v) is 11.6. The molecule has 0 atom stereocenters. The molecule has 0 aromatic heterocycles. The smallest absolute Gasteiger partial charge is 0.243 e. The molecule has 1 aromatic carbocycles. The lowest BCUT2D eigenvalue weighted by Crippen LogP contribution is -2.21. The second kappa shape index (κ2) is 6.36. The first-order chi connectivity index (χ1) is 9.24. The summed E-state index contributed by atoms with van der Waals surface area (Å²) in [7, 11) is 0. The number of hydrazone groups is 1. The summed E-state index contributed by atoms with van der Waals surface area (Å²) in [6.07, 6.45) is 3.69. The van der Waals surface area contributed by atoms with Crippen LogP contribution in [-0.4, -0.2) is 25.2 Å². The van der Waals surface area contributed by atoms with Crippen LogP contribution in [0.2, 0.25) is 0 Å². The van der Waals surface area contributed by atoms with E-state index >= 15 is 0 Å². The third-order valence-corrected chi connectivity index (χ3v) is 3.36. The van der Waals surface area contributed by atoms with E-state index in [0.717, 1.165) is 31.5 Å². The van der Waals surface area contributed by atoms with Crippen LogP contribution in [0, 0.1) is 5.92 Å². The minimum Gasteiger partial charge on any atom is -0.372 e. The van der Waals surface area contributed by atoms with Gasteiger partial charge in [0.15, 0.2) is 0 Å². The Balaban J connectivity index is 1.90. The van der Waals surface area contributed by atoms with Gasteiger partial charge >= 0.3 is 0 Å². The number of nitrogens with one attached hydrogen (secondary N) is 1. The van der Waals surface area contributed by atoms with Gasteiger partial charge in [-0.3, -0.25) is 4.79 Å². The largest absolute Gasteiger partial charge is 0.372 e. The molecular weight excluding hydrogens is 238 g/mol. The number of hydrogen-bond donors (Lipinski definition) is 1. The Bertz CT molecular complexity index is 445. The molecule has 1 aliphatic carbocycles. The van der Waals surface area contributed by atoms with E-state index in [9.17, 15) is 4.79 Å². The number of hydrogen-bond acceptors (Lipinski definition) is 3. The van der Waals surface area contributed by atoms with Crippen LogP contribution in [0.3, 0.4) is 0 Å². The lowest BCUT2D eigenvalue weighted by atomic mass is 10.2. The first-order valence-electron chi connectivity index (χ1n) is 6.92. The van der Waals surface area contributed by atoms with Gasteiger partial charge in [-0.25, -0.2) is 5.43 Å². The Morgan fingerprint density at radius 3 is 2.47 bits per heavy atom. The highest BCUT2D eigenvalue weighted by atomic mass is 16.2. The quantitative estimate of drug-likeness (QED) is 0.630. The van der Waals surface area contributed by atoms with E-state index in [1.54, 1.807) is 6.21 Å². The molecule has 0 spiro atoms. The number of carbonyl (C=O) groups is 1. The molecule has 0 unspecified atom stereocenters. The van der Waals surface area contributed by atoms with Crippen molar-refractivity contribution in [3.05, 3.63) is 29.8 Å². The highest BCUT2D eigenvalue weighted by Crippen LogP contribution is 2.28. The molecule has 0 radical (unpaired) electrons. The van der Waals surface area contributed by atoms with Crippen LogP contribution in [0.1, 0.15) is 32.3 Å². The molecule has 0 heterocycles. The van der Waals surface area contributed by atoms with Crippen molar-refractivity contribution in [2.75, 3.05) is 18.0 Å². The summed E-state index contributed by atoms with van der Waals surface area (Å²) in [5.41, 5.74) is 4.78. The molecule has 19 heavy (non-hydrogen) atoms. The second-order valence-corrected chi connectivity index (χ2v) is 4.77. The van der Waals surface area contributed by atoms with Crippen LogP contribution in [0.15, 0.2) is 29.4 Å². The fraction of sp³-hybridized carbons (Fsp3) is 0.467. The molecule has 1 N–H and O–H groups in total. The molecule has 0 aliphatic heterocycles. The average Bonchev–Trinajstić information content (AvgIpc) is 3.26. The molecule has 4 nitrogen and oxygen atoms in total. The average molecular weight is 259 g/mol. The molecule has 1 saturated carbocycles. The van der Waals surface area contributed by atoms with Gasteiger partial charge in [0.1, 0.15) is 0 Å². The highest BCUT2D eigenvalue weighted by Gasteiger charge is 2.29. The molecule has 102 valence electrons. The SMILES string of the molecule is CCN(CC)c1ccc(C=NNC(=O)C2CC2)cc1. The Labute approximate surface area is 114 Å². The number of carbonyl (C=O) groups excluding carboxylic acids is 1. The summed E-state index contributed by atoms with van der Waals surface area (Å²) in [6, 6.07) is 8.19. The molecule has 1 amide bonds. The Morgan fingerprint density at radius 2 is 1.95 bits per heavy atom. The molecule has 1 aromatic rings. The van der Waals surface area contributed by atoms with Crippen molar-refractivity contribution in [2.45, 2.75) is 26.7 Å². The van der Waals surface area contributed by atoms with E-state index in [1.807, 2.05) is 12.1 Å². The standard InChI is InChI=1S/C15H21N3O/c1-3-18(4-2)14-9-5-12(6-10-14)11-16-17-15(19)13-7-8-13/h5-6,9-11,13H,3-4,7-8H2,1-2H3,(H,17,19). The molecular formula is C15H21N3O. The summed E-state index contributed by atoms with van der Waals surface area (Å²) in [5, 5.41) is 3.98. The normalized spacial score (nSPS) is 14.6. The van der Waals surface area contributed by atoms with E-state index < -0.39 is 0 Å². The second-order valence-electron chi connectivity index (χ2n) is 4.77. The number of benzene rings is 1. The highest BCUT2D eigenvalue weighted by molar-refractivity contribution is 5.84. The van der Waals surface area contributed by atoms with Crippen molar-refractivity contribution in [3.63, 3.8) is 0 Å². The van der Waals surface area contributed by atoms with Crippen molar-refractivity contribution in [1.29, 1.82) is 0 Å². The Morgan fingerprint density at radius 1 is 1.32 bits per heavy atom. The first-order valence-corrected chi connectivity index (χ1v) is 6.92. The number of rotatable bonds is 6. The molecule has 1 fully saturated rings. The van der Waals surface area contributed by atoms with E-state index in [1.165, 1.54) is 5.69 Å². The zero-order chi connectivity index (χ0) is 13.7. The number of amides is 1. The van der Waals surface area contributed by atoms with Gasteiger partial charge in [0, 0.05) is 24.7 Å². The van der Waals surface area contributed by atoms with Crippen molar-refractivity contribution in [3.8, 4) is 0 Å². The number of anilines is 1. The van der Waals surface area contributed by atoms with Crippen molar-refractivity contribution in [2.24, 2.45) is 11.0 Å². The van der Waals surface area contributed by atoms with Crippen LogP contribution in [0.5, 0.6) is 0 Å². The maximum Gasteiger partial charge on any atom is 0.243 e. The van der Waals surface area contributed by atoms with Crippen molar-refractivity contribution < 1.29 is 4.79 Å². The van der Waals surface area contributed by atoms with Crippen LogP contribution < -0.4 is 10.3 Å². The first kappa shape index (κ1) is 13.6. The fourth-order valence-electron chi connectivity index (χ4n) is 1.97. The van der Waals surface area contributed by atoms with E-state index in [0.29, 0.717) is 0 Å². The third-order valence-electron chi connectivity index (χ3n) is 3.36. The molecule has 2 rings (SSSR count). The minimum absolute atomic E-state index is 0.0380. The maximum atomic E-state index is 11.4. The third kappa shape index (κ3) is 3.81.